The average molecular weight is 397 g/mol. The van der Waals surface area contributed by atoms with Gasteiger partial charge in [0.15, 0.2) is 0 Å². The van der Waals surface area contributed by atoms with Crippen LogP contribution in [-0.2, 0) is 4.74 Å². The van der Waals surface area contributed by atoms with E-state index in [-0.39, 0.29) is 11.3 Å². The van der Waals surface area contributed by atoms with Crippen LogP contribution >= 0.6 is 15.9 Å². The van der Waals surface area contributed by atoms with E-state index in [1.165, 1.54) is 4.90 Å². The van der Waals surface area contributed by atoms with Crippen molar-refractivity contribution >= 4 is 22.0 Å². The van der Waals surface area contributed by atoms with Gasteiger partial charge in [0, 0.05) is 21.5 Å². The SMILES string of the molecule is CC1=CC[C@@H]([N+](=O)[O-])[C@H](c2cccc(Br)c2)N1C(=O)OC(C)(C)C. The van der Waals surface area contributed by atoms with Gasteiger partial charge in [-0.05, 0) is 45.4 Å². The monoisotopic (exact) mass is 396 g/mol. The largest absolute Gasteiger partial charge is 0.443 e. The van der Waals surface area contributed by atoms with Crippen molar-refractivity contribution in [3.8, 4) is 0 Å². The molecule has 1 aromatic rings. The first-order valence-electron chi connectivity index (χ1n) is 7.68. The fraction of sp³-hybridized carbons (Fsp3) is 0.471. The van der Waals surface area contributed by atoms with Crippen molar-refractivity contribution in [2.24, 2.45) is 0 Å². The molecule has 0 unspecified atom stereocenters. The number of nitrogens with zero attached hydrogens (tertiary/aromatic N) is 2. The number of hydrogen-bond acceptors (Lipinski definition) is 4. The van der Waals surface area contributed by atoms with E-state index in [1.807, 2.05) is 6.07 Å². The molecule has 24 heavy (non-hydrogen) atoms. The van der Waals surface area contributed by atoms with E-state index < -0.39 is 23.8 Å². The maximum Gasteiger partial charge on any atom is 0.415 e. The van der Waals surface area contributed by atoms with Crippen LogP contribution in [0.15, 0.2) is 40.5 Å². The highest BCUT2D eigenvalue weighted by atomic mass is 79.9. The van der Waals surface area contributed by atoms with Crippen LogP contribution in [0, 0.1) is 10.1 Å². The molecule has 0 aromatic heterocycles. The summed E-state index contributed by atoms with van der Waals surface area (Å²) in [6.07, 6.45) is 1.41. The Morgan fingerprint density at radius 3 is 2.62 bits per heavy atom. The summed E-state index contributed by atoms with van der Waals surface area (Å²) in [6.45, 7) is 7.08. The van der Waals surface area contributed by atoms with Crippen molar-refractivity contribution in [2.45, 2.75) is 51.8 Å². The van der Waals surface area contributed by atoms with Gasteiger partial charge in [-0.1, -0.05) is 34.1 Å². The first-order chi connectivity index (χ1) is 11.1. The van der Waals surface area contributed by atoms with E-state index in [9.17, 15) is 14.9 Å². The smallest absolute Gasteiger partial charge is 0.415 e. The second-order valence-electron chi connectivity index (χ2n) is 6.78. The molecule has 2 atom stereocenters. The summed E-state index contributed by atoms with van der Waals surface area (Å²) in [6, 6.07) is 5.61. The zero-order chi connectivity index (χ0) is 18.1. The van der Waals surface area contributed by atoms with Gasteiger partial charge < -0.3 is 4.74 Å². The van der Waals surface area contributed by atoms with Gasteiger partial charge >= 0.3 is 6.09 Å². The molecule has 1 amide bonds. The number of rotatable bonds is 2. The zero-order valence-electron chi connectivity index (χ0n) is 14.2. The van der Waals surface area contributed by atoms with Gasteiger partial charge in [-0.25, -0.2) is 4.79 Å². The summed E-state index contributed by atoms with van der Waals surface area (Å²) >= 11 is 3.39. The van der Waals surface area contributed by atoms with Crippen LogP contribution in [0.5, 0.6) is 0 Å². The lowest BCUT2D eigenvalue weighted by molar-refractivity contribution is -0.530. The highest BCUT2D eigenvalue weighted by Crippen LogP contribution is 2.37. The highest BCUT2D eigenvalue weighted by Gasteiger charge is 2.44. The number of allylic oxidation sites excluding steroid dienone is 1. The third-order valence-electron chi connectivity index (χ3n) is 3.73. The van der Waals surface area contributed by atoms with Crippen molar-refractivity contribution in [1.29, 1.82) is 0 Å². The van der Waals surface area contributed by atoms with Gasteiger partial charge in [-0.2, -0.15) is 0 Å². The van der Waals surface area contributed by atoms with Crippen molar-refractivity contribution < 1.29 is 14.5 Å². The molecule has 130 valence electrons. The van der Waals surface area contributed by atoms with Gasteiger partial charge in [0.25, 0.3) is 0 Å². The maximum absolute atomic E-state index is 12.7. The predicted octanol–water partition coefficient (Wildman–Crippen LogP) is 4.68. The number of carbonyl (C=O) groups is 1. The van der Waals surface area contributed by atoms with Crippen LogP contribution < -0.4 is 0 Å². The number of carbonyl (C=O) groups excluding carboxylic acids is 1. The molecular formula is C17H21BrN2O4. The van der Waals surface area contributed by atoms with Crippen molar-refractivity contribution in [3.05, 3.63) is 56.2 Å². The molecule has 0 N–H and O–H groups in total. The second kappa shape index (κ2) is 6.93. The summed E-state index contributed by atoms with van der Waals surface area (Å²) in [4.78, 5) is 25.3. The average Bonchev–Trinajstić information content (AvgIpc) is 2.44. The van der Waals surface area contributed by atoms with Crippen LogP contribution in [-0.4, -0.2) is 27.6 Å². The van der Waals surface area contributed by atoms with E-state index in [2.05, 4.69) is 15.9 Å². The van der Waals surface area contributed by atoms with E-state index in [4.69, 9.17) is 4.74 Å². The standard InChI is InChI=1S/C17H21BrN2O4/c1-11-8-9-14(20(22)23)15(12-6-5-7-13(18)10-12)19(11)16(21)24-17(2,3)4/h5-8,10,14-15H,9H2,1-4H3/t14-,15+/m1/s1. The van der Waals surface area contributed by atoms with Gasteiger partial charge in [0.05, 0.1) is 0 Å². The molecule has 0 spiro atoms. The summed E-state index contributed by atoms with van der Waals surface area (Å²) in [7, 11) is 0. The molecule has 7 heteroatoms. The molecule has 1 aliphatic rings. The number of ether oxygens (including phenoxy) is 1. The van der Waals surface area contributed by atoms with Gasteiger partial charge in [-0.15, -0.1) is 0 Å². The fourth-order valence-electron chi connectivity index (χ4n) is 2.74. The third-order valence-corrected chi connectivity index (χ3v) is 4.22. The van der Waals surface area contributed by atoms with Crippen LogP contribution in [0.1, 0.15) is 45.7 Å². The zero-order valence-corrected chi connectivity index (χ0v) is 15.7. The summed E-state index contributed by atoms with van der Waals surface area (Å²) in [5, 5.41) is 11.6. The Balaban J connectivity index is 2.50. The first kappa shape index (κ1) is 18.4. The molecular weight excluding hydrogens is 376 g/mol. The molecule has 1 aliphatic heterocycles. The third kappa shape index (κ3) is 4.14. The molecule has 0 aliphatic carbocycles. The quantitative estimate of drug-likeness (QED) is 0.537. The minimum Gasteiger partial charge on any atom is -0.443 e. The summed E-state index contributed by atoms with van der Waals surface area (Å²) < 4.78 is 6.27. The molecule has 0 fully saturated rings. The number of nitro groups is 1. The minimum absolute atomic E-state index is 0.273. The molecule has 2 rings (SSSR count). The van der Waals surface area contributed by atoms with E-state index in [0.29, 0.717) is 11.3 Å². The number of hydrogen-bond donors (Lipinski definition) is 0. The lowest BCUT2D eigenvalue weighted by Gasteiger charge is -2.37. The molecule has 0 radical (unpaired) electrons. The van der Waals surface area contributed by atoms with Gasteiger partial charge in [-0.3, -0.25) is 15.0 Å². The Morgan fingerprint density at radius 1 is 1.42 bits per heavy atom. The number of benzene rings is 1. The topological polar surface area (TPSA) is 72.7 Å². The Kier molecular flexibility index (Phi) is 5.32. The predicted molar refractivity (Wildman–Crippen MR) is 94.1 cm³/mol. The molecule has 0 saturated heterocycles. The minimum atomic E-state index is -0.921. The van der Waals surface area contributed by atoms with Crippen LogP contribution in [0.25, 0.3) is 0 Å². The summed E-state index contributed by atoms with van der Waals surface area (Å²) in [5.74, 6) is 0. The Morgan fingerprint density at radius 2 is 2.08 bits per heavy atom. The van der Waals surface area contributed by atoms with E-state index in [1.54, 1.807) is 52.0 Å². The normalized spacial score (nSPS) is 21.2. The van der Waals surface area contributed by atoms with Gasteiger partial charge in [0.1, 0.15) is 11.6 Å². The number of halogens is 1. The first-order valence-corrected chi connectivity index (χ1v) is 8.47. The highest BCUT2D eigenvalue weighted by molar-refractivity contribution is 9.10. The number of amides is 1. The van der Waals surface area contributed by atoms with Crippen molar-refractivity contribution in [2.75, 3.05) is 0 Å². The molecule has 0 saturated carbocycles. The fourth-order valence-corrected chi connectivity index (χ4v) is 3.16. The van der Waals surface area contributed by atoms with E-state index >= 15 is 0 Å². The molecule has 1 aromatic carbocycles. The lowest BCUT2D eigenvalue weighted by Crippen LogP contribution is -2.46. The van der Waals surface area contributed by atoms with E-state index in [0.717, 1.165) is 4.47 Å². The Hall–Kier alpha value is -1.89. The lowest BCUT2D eigenvalue weighted by atomic mass is 9.92. The second-order valence-corrected chi connectivity index (χ2v) is 7.70. The summed E-state index contributed by atoms with van der Waals surface area (Å²) in [5.41, 5.74) is 0.678. The van der Waals surface area contributed by atoms with Crippen LogP contribution in [0.2, 0.25) is 0 Å². The molecule has 0 bridgehead atoms. The van der Waals surface area contributed by atoms with Gasteiger partial charge in [0.2, 0.25) is 6.04 Å². The van der Waals surface area contributed by atoms with Crippen molar-refractivity contribution in [3.63, 3.8) is 0 Å². The maximum atomic E-state index is 12.7. The van der Waals surface area contributed by atoms with Crippen molar-refractivity contribution in [1.82, 2.24) is 4.90 Å². The Labute approximate surface area is 149 Å². The van der Waals surface area contributed by atoms with Crippen LogP contribution in [0.4, 0.5) is 4.79 Å². The van der Waals surface area contributed by atoms with Crippen LogP contribution in [0.3, 0.4) is 0 Å². The molecule has 6 nitrogen and oxygen atoms in total. The molecule has 1 heterocycles. The Bertz CT molecular complexity index is 681.